The smallest absolute Gasteiger partial charge is 0.240 e. The molecule has 6 nitrogen and oxygen atoms in total. The Bertz CT molecular complexity index is 484. The number of benzene rings is 1. The van der Waals surface area contributed by atoms with E-state index in [2.05, 4.69) is 25.8 Å². The highest BCUT2D eigenvalue weighted by Gasteiger charge is 2.13. The van der Waals surface area contributed by atoms with Crippen LogP contribution in [-0.4, -0.2) is 26.0 Å². The van der Waals surface area contributed by atoms with E-state index in [0.29, 0.717) is 0 Å². The molecule has 0 aromatic heterocycles. The van der Waals surface area contributed by atoms with Gasteiger partial charge in [0.25, 0.3) is 0 Å². The number of hydrogen-bond donors (Lipinski definition) is 3. The number of nitrogens with two attached hydrogens (primary N) is 1. The van der Waals surface area contributed by atoms with Gasteiger partial charge in [-0.25, -0.2) is 13.1 Å². The maximum atomic E-state index is 11.6. The Morgan fingerprint density at radius 1 is 1.44 bits per heavy atom. The van der Waals surface area contributed by atoms with Gasteiger partial charge in [0.05, 0.1) is 11.4 Å². The van der Waals surface area contributed by atoms with Gasteiger partial charge in [0.2, 0.25) is 10.0 Å². The third-order valence-corrected chi connectivity index (χ3v) is 3.64. The van der Waals surface area contributed by atoms with Crippen LogP contribution in [0.2, 0.25) is 0 Å². The molecule has 0 unspecified atom stereocenters. The van der Waals surface area contributed by atoms with Crippen LogP contribution in [0, 0.1) is 0 Å². The van der Waals surface area contributed by atoms with Crippen LogP contribution in [0.15, 0.2) is 38.8 Å². The lowest BCUT2D eigenvalue weighted by Crippen LogP contribution is -2.33. The molecular formula is C8H10BrN3O3S. The Kier molecular flexibility index (Phi) is 4.27. The second-order valence-corrected chi connectivity index (χ2v) is 5.55. The summed E-state index contributed by atoms with van der Waals surface area (Å²) in [6, 6.07) is 6.10. The highest BCUT2D eigenvalue weighted by atomic mass is 79.9. The molecule has 0 spiro atoms. The Morgan fingerprint density at radius 2 is 2.00 bits per heavy atom. The SMILES string of the molecule is N/C(CNS(=O)(=O)c1ccc(Br)cc1)=N\O. The Hall–Kier alpha value is -1.12. The lowest BCUT2D eigenvalue weighted by atomic mass is 10.4. The molecule has 0 heterocycles. The fourth-order valence-corrected chi connectivity index (χ4v) is 2.16. The van der Waals surface area contributed by atoms with Gasteiger partial charge in [0, 0.05) is 4.47 Å². The molecule has 4 N–H and O–H groups in total. The van der Waals surface area contributed by atoms with Gasteiger partial charge in [0.1, 0.15) is 0 Å². The van der Waals surface area contributed by atoms with Crippen LogP contribution in [0.3, 0.4) is 0 Å². The van der Waals surface area contributed by atoms with Crippen molar-refractivity contribution < 1.29 is 13.6 Å². The molecule has 16 heavy (non-hydrogen) atoms. The molecule has 0 aliphatic rings. The third kappa shape index (κ3) is 3.47. The largest absolute Gasteiger partial charge is 0.409 e. The maximum absolute atomic E-state index is 11.6. The molecule has 0 radical (unpaired) electrons. The van der Waals surface area contributed by atoms with Crippen LogP contribution in [-0.2, 0) is 10.0 Å². The molecule has 0 saturated heterocycles. The monoisotopic (exact) mass is 307 g/mol. The van der Waals surface area contributed by atoms with Crippen molar-refractivity contribution in [1.29, 1.82) is 0 Å². The lowest BCUT2D eigenvalue weighted by Gasteiger charge is -2.05. The molecule has 0 fully saturated rings. The average Bonchev–Trinajstić information content (AvgIpc) is 2.26. The molecule has 1 aromatic carbocycles. The van der Waals surface area contributed by atoms with Crippen molar-refractivity contribution in [3.8, 4) is 0 Å². The molecule has 0 saturated carbocycles. The zero-order valence-corrected chi connectivity index (χ0v) is 10.5. The highest BCUT2D eigenvalue weighted by Crippen LogP contribution is 2.14. The molecule has 0 aliphatic heterocycles. The van der Waals surface area contributed by atoms with E-state index >= 15 is 0 Å². The van der Waals surface area contributed by atoms with Crippen LogP contribution in [0.1, 0.15) is 0 Å². The number of oxime groups is 1. The predicted octanol–water partition coefficient (Wildman–Crippen LogP) is 0.474. The number of sulfonamides is 1. The zero-order chi connectivity index (χ0) is 12.2. The third-order valence-electron chi connectivity index (χ3n) is 1.70. The number of nitrogens with zero attached hydrogens (tertiary/aromatic N) is 1. The van der Waals surface area contributed by atoms with Crippen LogP contribution < -0.4 is 10.5 Å². The van der Waals surface area contributed by atoms with E-state index in [-0.39, 0.29) is 17.3 Å². The first-order valence-corrected chi connectivity index (χ1v) is 6.45. The molecular weight excluding hydrogens is 298 g/mol. The number of hydrogen-bond acceptors (Lipinski definition) is 4. The van der Waals surface area contributed by atoms with Gasteiger partial charge in [-0.3, -0.25) is 0 Å². The molecule has 88 valence electrons. The molecule has 0 atom stereocenters. The number of rotatable bonds is 4. The Balaban J connectivity index is 2.82. The van der Waals surface area contributed by atoms with E-state index in [9.17, 15) is 8.42 Å². The van der Waals surface area contributed by atoms with E-state index < -0.39 is 10.0 Å². The van der Waals surface area contributed by atoms with Gasteiger partial charge in [0.15, 0.2) is 5.84 Å². The van der Waals surface area contributed by atoms with Crippen molar-refractivity contribution in [3.05, 3.63) is 28.7 Å². The highest BCUT2D eigenvalue weighted by molar-refractivity contribution is 9.10. The van der Waals surface area contributed by atoms with Crippen LogP contribution >= 0.6 is 15.9 Å². The van der Waals surface area contributed by atoms with Crippen LogP contribution in [0.5, 0.6) is 0 Å². The standard InChI is InChI=1S/C8H10BrN3O3S/c9-6-1-3-7(4-2-6)16(14,15)11-5-8(10)12-13/h1-4,11,13H,5H2,(H2,10,12). The number of nitrogens with one attached hydrogen (secondary N) is 1. The normalized spacial score (nSPS) is 12.7. The second kappa shape index (κ2) is 5.28. The predicted molar refractivity (Wildman–Crippen MR) is 62.7 cm³/mol. The van der Waals surface area contributed by atoms with Crippen molar-refractivity contribution >= 4 is 31.8 Å². The van der Waals surface area contributed by atoms with E-state index in [1.807, 2.05) is 0 Å². The van der Waals surface area contributed by atoms with Gasteiger partial charge in [-0.15, -0.1) is 0 Å². The minimum atomic E-state index is -3.62. The summed E-state index contributed by atoms with van der Waals surface area (Å²) in [5.41, 5.74) is 5.15. The number of amidine groups is 1. The van der Waals surface area contributed by atoms with Gasteiger partial charge >= 0.3 is 0 Å². The quantitative estimate of drug-likeness (QED) is 0.325. The van der Waals surface area contributed by atoms with Gasteiger partial charge in [-0.1, -0.05) is 21.1 Å². The van der Waals surface area contributed by atoms with Gasteiger partial charge < -0.3 is 10.9 Å². The summed E-state index contributed by atoms with van der Waals surface area (Å²) >= 11 is 3.20. The molecule has 8 heteroatoms. The Morgan fingerprint density at radius 3 is 2.50 bits per heavy atom. The summed E-state index contributed by atoms with van der Waals surface area (Å²) in [7, 11) is -3.62. The average molecular weight is 308 g/mol. The van der Waals surface area contributed by atoms with E-state index in [1.165, 1.54) is 12.1 Å². The minimum absolute atomic E-state index is 0.112. The fraction of sp³-hybridized carbons (Fsp3) is 0.125. The zero-order valence-electron chi connectivity index (χ0n) is 8.09. The first-order chi connectivity index (χ1) is 7.45. The Labute approximate surface area is 101 Å². The summed E-state index contributed by atoms with van der Waals surface area (Å²) in [6.45, 7) is -0.241. The van der Waals surface area contributed by atoms with E-state index in [4.69, 9.17) is 10.9 Å². The number of halogens is 1. The molecule has 1 rings (SSSR count). The van der Waals surface area contributed by atoms with Crippen LogP contribution in [0.4, 0.5) is 0 Å². The summed E-state index contributed by atoms with van der Waals surface area (Å²) < 4.78 is 26.3. The van der Waals surface area contributed by atoms with Crippen molar-refractivity contribution in [2.45, 2.75) is 4.90 Å². The van der Waals surface area contributed by atoms with E-state index in [1.54, 1.807) is 12.1 Å². The first kappa shape index (κ1) is 12.9. The van der Waals surface area contributed by atoms with Crippen molar-refractivity contribution in [1.82, 2.24) is 4.72 Å². The summed E-state index contributed by atoms with van der Waals surface area (Å²) in [4.78, 5) is 0.112. The van der Waals surface area contributed by atoms with Crippen LogP contribution in [0.25, 0.3) is 0 Å². The van der Waals surface area contributed by atoms with Gasteiger partial charge in [-0.05, 0) is 24.3 Å². The second-order valence-electron chi connectivity index (χ2n) is 2.87. The van der Waals surface area contributed by atoms with E-state index in [0.717, 1.165) is 4.47 Å². The molecule has 0 aliphatic carbocycles. The first-order valence-electron chi connectivity index (χ1n) is 4.17. The summed E-state index contributed by atoms with van der Waals surface area (Å²) in [6.07, 6.45) is 0. The fourth-order valence-electron chi connectivity index (χ4n) is 0.901. The van der Waals surface area contributed by atoms with Crippen molar-refractivity contribution in [2.24, 2.45) is 10.9 Å². The lowest BCUT2D eigenvalue weighted by molar-refractivity contribution is 0.317. The van der Waals surface area contributed by atoms with Crippen molar-refractivity contribution in [2.75, 3.05) is 6.54 Å². The topological polar surface area (TPSA) is 105 Å². The summed E-state index contributed by atoms with van der Waals surface area (Å²) in [5, 5.41) is 10.9. The molecule has 0 amide bonds. The minimum Gasteiger partial charge on any atom is -0.409 e. The van der Waals surface area contributed by atoms with Crippen molar-refractivity contribution in [3.63, 3.8) is 0 Å². The molecule has 1 aromatic rings. The van der Waals surface area contributed by atoms with Gasteiger partial charge in [-0.2, -0.15) is 0 Å². The summed E-state index contributed by atoms with van der Waals surface area (Å²) in [5.74, 6) is -0.208. The maximum Gasteiger partial charge on any atom is 0.240 e. The molecule has 0 bridgehead atoms.